The number of ketones is 1. The van der Waals surface area contributed by atoms with Gasteiger partial charge in [0, 0.05) is 0 Å². The fourth-order valence-electron chi connectivity index (χ4n) is 2.55. The van der Waals surface area contributed by atoms with Gasteiger partial charge < -0.3 is 4.74 Å². The fraction of sp³-hybridized carbons (Fsp3) is 0.118. The minimum Gasteiger partial charge on any atom is -0.496 e. The van der Waals surface area contributed by atoms with Gasteiger partial charge in [0.15, 0.2) is 5.78 Å². The molecule has 0 N–H and O–H groups in total. The molecule has 0 spiro atoms. The van der Waals surface area contributed by atoms with Crippen LogP contribution in [0, 0.1) is 5.82 Å². The van der Waals surface area contributed by atoms with Crippen molar-refractivity contribution in [1.29, 1.82) is 0 Å². The molecular formula is C17H10Cl2FNO4. The maximum absolute atomic E-state index is 13.4. The van der Waals surface area contributed by atoms with Crippen LogP contribution in [0.3, 0.4) is 0 Å². The summed E-state index contributed by atoms with van der Waals surface area (Å²) in [7, 11) is 1.33. The predicted molar refractivity (Wildman–Crippen MR) is 89.1 cm³/mol. The topological polar surface area (TPSA) is 63.7 Å². The van der Waals surface area contributed by atoms with Crippen molar-refractivity contribution < 1.29 is 23.5 Å². The first kappa shape index (κ1) is 17.4. The van der Waals surface area contributed by atoms with Crippen molar-refractivity contribution in [3.05, 3.63) is 62.9 Å². The summed E-state index contributed by atoms with van der Waals surface area (Å²) < 4.78 is 18.5. The minimum absolute atomic E-state index is 0.0601. The van der Waals surface area contributed by atoms with Gasteiger partial charge in [0.2, 0.25) is 0 Å². The van der Waals surface area contributed by atoms with Crippen LogP contribution in [0.5, 0.6) is 5.75 Å². The Kier molecular flexibility index (Phi) is 4.49. The number of ether oxygens (including phenoxy) is 1. The van der Waals surface area contributed by atoms with Crippen LogP contribution in [0.15, 0.2) is 30.3 Å². The molecule has 0 saturated carbocycles. The summed E-state index contributed by atoms with van der Waals surface area (Å²) in [5, 5.41) is 0.253. The van der Waals surface area contributed by atoms with E-state index < -0.39 is 30.0 Å². The second kappa shape index (κ2) is 6.46. The van der Waals surface area contributed by atoms with E-state index in [1.807, 2.05) is 0 Å². The van der Waals surface area contributed by atoms with Crippen molar-refractivity contribution in [2.75, 3.05) is 13.7 Å². The Bertz CT molecular complexity index is 888. The molecule has 5 nitrogen and oxygen atoms in total. The van der Waals surface area contributed by atoms with Gasteiger partial charge in [0.25, 0.3) is 11.8 Å². The molecular weight excluding hydrogens is 372 g/mol. The molecule has 0 fully saturated rings. The summed E-state index contributed by atoms with van der Waals surface area (Å²) in [6.45, 7) is -0.554. The molecule has 0 unspecified atom stereocenters. The number of hydrogen-bond donors (Lipinski definition) is 0. The van der Waals surface area contributed by atoms with Crippen LogP contribution in [0.4, 0.5) is 4.39 Å². The molecule has 1 heterocycles. The van der Waals surface area contributed by atoms with Gasteiger partial charge in [-0.15, -0.1) is 0 Å². The SMILES string of the molecule is COc1ccc(F)cc1C(=O)CN1C(=O)c2cc(Cl)c(Cl)cc2C1=O. The van der Waals surface area contributed by atoms with Gasteiger partial charge in [-0.05, 0) is 30.3 Å². The van der Waals surface area contributed by atoms with Crippen LogP contribution < -0.4 is 4.74 Å². The van der Waals surface area contributed by atoms with Crippen LogP contribution in [0.25, 0.3) is 0 Å². The Labute approximate surface area is 151 Å². The van der Waals surface area contributed by atoms with Gasteiger partial charge in [-0.3, -0.25) is 19.3 Å². The lowest BCUT2D eigenvalue weighted by molar-refractivity contribution is 0.0623. The lowest BCUT2D eigenvalue weighted by Crippen LogP contribution is -2.35. The largest absolute Gasteiger partial charge is 0.496 e. The zero-order valence-corrected chi connectivity index (χ0v) is 14.3. The molecule has 0 bridgehead atoms. The molecule has 0 atom stereocenters. The van der Waals surface area contributed by atoms with Crippen molar-refractivity contribution in [3.8, 4) is 5.75 Å². The van der Waals surface area contributed by atoms with Crippen LogP contribution >= 0.6 is 23.2 Å². The van der Waals surface area contributed by atoms with E-state index in [0.717, 1.165) is 17.0 Å². The Morgan fingerprint density at radius 1 is 1.08 bits per heavy atom. The monoisotopic (exact) mass is 381 g/mol. The van der Waals surface area contributed by atoms with Gasteiger partial charge in [-0.1, -0.05) is 23.2 Å². The lowest BCUT2D eigenvalue weighted by atomic mass is 10.1. The summed E-state index contributed by atoms with van der Waals surface area (Å²) in [6, 6.07) is 6.00. The van der Waals surface area contributed by atoms with E-state index in [2.05, 4.69) is 0 Å². The Hall–Kier alpha value is -2.44. The van der Waals surface area contributed by atoms with E-state index in [-0.39, 0.29) is 32.5 Å². The van der Waals surface area contributed by atoms with E-state index in [4.69, 9.17) is 27.9 Å². The first-order valence-electron chi connectivity index (χ1n) is 7.05. The number of carbonyl (C=O) groups is 3. The molecule has 8 heteroatoms. The summed E-state index contributed by atoms with van der Waals surface area (Å²) >= 11 is 11.7. The number of benzene rings is 2. The van der Waals surface area contributed by atoms with E-state index in [1.165, 1.54) is 25.3 Å². The van der Waals surface area contributed by atoms with Crippen LogP contribution in [-0.2, 0) is 0 Å². The molecule has 2 amide bonds. The third-order valence-corrected chi connectivity index (χ3v) is 4.50. The number of methoxy groups -OCH3 is 1. The highest BCUT2D eigenvalue weighted by Crippen LogP contribution is 2.32. The molecule has 2 aromatic carbocycles. The van der Waals surface area contributed by atoms with Gasteiger partial charge in [-0.25, -0.2) is 4.39 Å². The summed E-state index contributed by atoms with van der Waals surface area (Å²) in [4.78, 5) is 38.0. The van der Waals surface area contributed by atoms with Gasteiger partial charge in [-0.2, -0.15) is 0 Å². The number of nitrogens with zero attached hydrogens (tertiary/aromatic N) is 1. The zero-order valence-electron chi connectivity index (χ0n) is 12.8. The van der Waals surface area contributed by atoms with Gasteiger partial charge in [0.1, 0.15) is 11.6 Å². The normalized spacial score (nSPS) is 13.2. The molecule has 25 heavy (non-hydrogen) atoms. The quantitative estimate of drug-likeness (QED) is 0.599. The molecule has 1 aliphatic rings. The Balaban J connectivity index is 1.92. The third-order valence-electron chi connectivity index (χ3n) is 3.78. The number of rotatable bonds is 4. The average Bonchev–Trinajstić information content (AvgIpc) is 2.80. The number of imide groups is 1. The second-order valence-corrected chi connectivity index (χ2v) is 6.09. The number of halogens is 3. The number of Topliss-reactive ketones (excluding diaryl/α,β-unsaturated/α-hetero) is 1. The molecule has 0 aliphatic carbocycles. The second-order valence-electron chi connectivity index (χ2n) is 5.28. The molecule has 128 valence electrons. The number of carbonyl (C=O) groups excluding carboxylic acids is 3. The first-order chi connectivity index (χ1) is 11.8. The summed E-state index contributed by atoms with van der Waals surface area (Å²) in [6.07, 6.45) is 0. The number of hydrogen-bond acceptors (Lipinski definition) is 4. The Morgan fingerprint density at radius 3 is 2.16 bits per heavy atom. The third kappa shape index (κ3) is 2.99. The lowest BCUT2D eigenvalue weighted by Gasteiger charge is -2.14. The van der Waals surface area contributed by atoms with Gasteiger partial charge >= 0.3 is 0 Å². The molecule has 1 aliphatic heterocycles. The highest BCUT2D eigenvalue weighted by molar-refractivity contribution is 6.43. The van der Waals surface area contributed by atoms with Crippen molar-refractivity contribution in [3.63, 3.8) is 0 Å². The number of amides is 2. The predicted octanol–water partition coefficient (Wildman–Crippen LogP) is 3.62. The summed E-state index contributed by atoms with van der Waals surface area (Å²) in [5.41, 5.74) is 0.0759. The van der Waals surface area contributed by atoms with Crippen molar-refractivity contribution in [1.82, 2.24) is 4.90 Å². The smallest absolute Gasteiger partial charge is 0.262 e. The fourth-order valence-corrected chi connectivity index (χ4v) is 2.88. The van der Waals surface area contributed by atoms with Crippen molar-refractivity contribution >= 4 is 40.8 Å². The molecule has 0 radical (unpaired) electrons. The first-order valence-corrected chi connectivity index (χ1v) is 7.81. The standard InChI is InChI=1S/C17H10Cl2FNO4/c1-25-15-3-2-8(20)4-11(15)14(22)7-21-16(23)9-5-12(18)13(19)6-10(9)17(21)24/h2-6H,7H2,1H3. The molecule has 0 aromatic heterocycles. The van der Waals surface area contributed by atoms with Gasteiger partial charge in [0.05, 0.1) is 40.4 Å². The maximum Gasteiger partial charge on any atom is 0.262 e. The molecule has 0 saturated heterocycles. The van der Waals surface area contributed by atoms with Crippen molar-refractivity contribution in [2.24, 2.45) is 0 Å². The van der Waals surface area contributed by atoms with E-state index >= 15 is 0 Å². The zero-order chi connectivity index (χ0) is 18.3. The van der Waals surface area contributed by atoms with Crippen molar-refractivity contribution in [2.45, 2.75) is 0 Å². The Morgan fingerprint density at radius 2 is 1.64 bits per heavy atom. The highest BCUT2D eigenvalue weighted by atomic mass is 35.5. The van der Waals surface area contributed by atoms with E-state index in [9.17, 15) is 18.8 Å². The average molecular weight is 382 g/mol. The van der Waals surface area contributed by atoms with Crippen LogP contribution in [-0.4, -0.2) is 36.2 Å². The minimum atomic E-state index is -0.665. The summed E-state index contributed by atoms with van der Waals surface area (Å²) in [5.74, 6) is -2.45. The highest BCUT2D eigenvalue weighted by Gasteiger charge is 2.37. The number of fused-ring (bicyclic) bond motifs is 1. The van der Waals surface area contributed by atoms with E-state index in [1.54, 1.807) is 0 Å². The van der Waals surface area contributed by atoms with E-state index in [0.29, 0.717) is 0 Å². The molecule has 3 rings (SSSR count). The maximum atomic E-state index is 13.4. The van der Waals surface area contributed by atoms with Crippen LogP contribution in [0.2, 0.25) is 10.0 Å². The van der Waals surface area contributed by atoms with Crippen LogP contribution in [0.1, 0.15) is 31.1 Å². The molecule has 2 aromatic rings.